The monoisotopic (exact) mass is 375 g/mol. The van der Waals surface area contributed by atoms with Crippen LogP contribution in [0.5, 0.6) is 0 Å². The first kappa shape index (κ1) is 18.9. The maximum Gasteiger partial charge on any atom is 0.276 e. The second kappa shape index (κ2) is 8.64. The van der Waals surface area contributed by atoms with Crippen LogP contribution in [0.4, 0.5) is 0 Å². The Labute approximate surface area is 159 Å². The van der Waals surface area contributed by atoms with Crippen LogP contribution in [0, 0.1) is 0 Å². The number of aromatic nitrogens is 3. The van der Waals surface area contributed by atoms with Crippen LogP contribution in [-0.2, 0) is 6.54 Å². The lowest BCUT2D eigenvalue weighted by atomic mass is 10.0. The molecule has 0 bridgehead atoms. The van der Waals surface area contributed by atoms with E-state index in [2.05, 4.69) is 27.3 Å². The van der Waals surface area contributed by atoms with Crippen molar-refractivity contribution in [2.75, 3.05) is 26.2 Å². The molecule has 2 heterocycles. The summed E-state index contributed by atoms with van der Waals surface area (Å²) in [6.07, 6.45) is 3.97. The smallest absolute Gasteiger partial charge is 0.276 e. The van der Waals surface area contributed by atoms with E-state index in [0.717, 1.165) is 37.5 Å². The largest absolute Gasteiger partial charge is 0.338 e. The van der Waals surface area contributed by atoms with Gasteiger partial charge in [0.05, 0.1) is 12.2 Å². The van der Waals surface area contributed by atoms with E-state index in [9.17, 15) is 4.79 Å². The van der Waals surface area contributed by atoms with E-state index in [4.69, 9.17) is 11.6 Å². The molecule has 1 amide bonds. The fourth-order valence-electron chi connectivity index (χ4n) is 3.46. The van der Waals surface area contributed by atoms with Crippen LogP contribution in [0.1, 0.15) is 48.8 Å². The number of likely N-dealkylation sites (tertiary alicyclic amines) is 1. The van der Waals surface area contributed by atoms with Crippen molar-refractivity contribution in [3.8, 4) is 0 Å². The van der Waals surface area contributed by atoms with Gasteiger partial charge in [-0.1, -0.05) is 28.9 Å². The normalized spacial score (nSPS) is 18.0. The summed E-state index contributed by atoms with van der Waals surface area (Å²) in [5, 5.41) is 9.12. The molecule has 1 saturated heterocycles. The lowest BCUT2D eigenvalue weighted by Gasteiger charge is -2.32. The summed E-state index contributed by atoms with van der Waals surface area (Å²) in [5.41, 5.74) is 1.69. The van der Waals surface area contributed by atoms with E-state index in [1.165, 1.54) is 5.56 Å². The highest BCUT2D eigenvalue weighted by Gasteiger charge is 2.24. The van der Waals surface area contributed by atoms with Crippen molar-refractivity contribution < 1.29 is 4.79 Å². The second-order valence-electron chi connectivity index (χ2n) is 6.72. The first-order valence-electron chi connectivity index (χ1n) is 9.28. The van der Waals surface area contributed by atoms with E-state index in [1.807, 2.05) is 30.7 Å². The Balaban J connectivity index is 1.64. The minimum atomic E-state index is -0.0462. The Morgan fingerprint density at radius 2 is 2.00 bits per heavy atom. The molecule has 1 aromatic heterocycles. The predicted octanol–water partition coefficient (Wildman–Crippen LogP) is 3.25. The number of halogens is 1. The Bertz CT molecular complexity index is 726. The highest BCUT2D eigenvalue weighted by atomic mass is 35.5. The summed E-state index contributed by atoms with van der Waals surface area (Å²) < 4.78 is 1.87. The number of hydrogen-bond acceptors (Lipinski definition) is 4. The van der Waals surface area contributed by atoms with Gasteiger partial charge in [-0.05, 0) is 50.9 Å². The van der Waals surface area contributed by atoms with E-state index < -0.39 is 0 Å². The Morgan fingerprint density at radius 1 is 1.27 bits per heavy atom. The van der Waals surface area contributed by atoms with Crippen LogP contribution >= 0.6 is 11.6 Å². The number of piperidine rings is 1. The fourth-order valence-corrected chi connectivity index (χ4v) is 3.59. The number of rotatable bonds is 6. The maximum absolute atomic E-state index is 12.4. The van der Waals surface area contributed by atoms with Gasteiger partial charge in [-0.3, -0.25) is 9.69 Å². The highest BCUT2D eigenvalue weighted by Crippen LogP contribution is 2.23. The van der Waals surface area contributed by atoms with Crippen molar-refractivity contribution in [3.05, 3.63) is 46.7 Å². The molecule has 6 nitrogen and oxygen atoms in total. The summed E-state index contributed by atoms with van der Waals surface area (Å²) in [6, 6.07) is 8.26. The van der Waals surface area contributed by atoms with Crippen LogP contribution in [0.3, 0.4) is 0 Å². The average molecular weight is 376 g/mol. The van der Waals surface area contributed by atoms with Crippen LogP contribution in [0.2, 0.25) is 5.02 Å². The zero-order valence-electron chi connectivity index (χ0n) is 15.4. The van der Waals surface area contributed by atoms with Gasteiger partial charge in [-0.2, -0.15) is 0 Å². The SMILES string of the molecule is CCN(CC)C(=O)c1cn([C@@H]2CCCN(Cc3ccc(Cl)cc3)C2)nn1. The number of carbonyl (C=O) groups excluding carboxylic acids is 1. The number of carbonyl (C=O) groups is 1. The van der Waals surface area contributed by atoms with Gasteiger partial charge in [0.15, 0.2) is 5.69 Å². The summed E-state index contributed by atoms with van der Waals surface area (Å²) in [6.45, 7) is 8.18. The third kappa shape index (κ3) is 4.43. The van der Waals surface area contributed by atoms with Crippen molar-refractivity contribution in [1.29, 1.82) is 0 Å². The van der Waals surface area contributed by atoms with E-state index >= 15 is 0 Å². The van der Waals surface area contributed by atoms with Gasteiger partial charge in [0.1, 0.15) is 0 Å². The molecule has 3 rings (SSSR count). The zero-order chi connectivity index (χ0) is 18.5. The first-order valence-corrected chi connectivity index (χ1v) is 9.66. The van der Waals surface area contributed by atoms with E-state index in [-0.39, 0.29) is 11.9 Å². The molecule has 1 aliphatic rings. The first-order chi connectivity index (χ1) is 12.6. The van der Waals surface area contributed by atoms with Crippen molar-refractivity contribution in [2.24, 2.45) is 0 Å². The van der Waals surface area contributed by atoms with Crippen molar-refractivity contribution in [2.45, 2.75) is 39.3 Å². The van der Waals surface area contributed by atoms with Crippen molar-refractivity contribution in [3.63, 3.8) is 0 Å². The molecule has 0 radical (unpaired) electrons. The minimum absolute atomic E-state index is 0.0462. The summed E-state index contributed by atoms with van der Waals surface area (Å²) >= 11 is 5.97. The highest BCUT2D eigenvalue weighted by molar-refractivity contribution is 6.30. The Morgan fingerprint density at radius 3 is 2.69 bits per heavy atom. The number of nitrogens with zero attached hydrogens (tertiary/aromatic N) is 5. The number of amides is 1. The van der Waals surface area contributed by atoms with E-state index in [0.29, 0.717) is 18.8 Å². The lowest BCUT2D eigenvalue weighted by Crippen LogP contribution is -2.36. The molecule has 1 aliphatic heterocycles. The van der Waals surface area contributed by atoms with Crippen LogP contribution < -0.4 is 0 Å². The topological polar surface area (TPSA) is 54.3 Å². The summed E-state index contributed by atoms with van der Waals surface area (Å²) in [5.74, 6) is -0.0462. The Hall–Kier alpha value is -1.92. The predicted molar refractivity (Wildman–Crippen MR) is 102 cm³/mol. The van der Waals surface area contributed by atoms with Gasteiger partial charge in [-0.15, -0.1) is 5.10 Å². The molecule has 1 fully saturated rings. The van der Waals surface area contributed by atoms with Gasteiger partial charge < -0.3 is 4.90 Å². The fraction of sp³-hybridized carbons (Fsp3) is 0.526. The maximum atomic E-state index is 12.4. The molecule has 2 aromatic rings. The molecule has 140 valence electrons. The minimum Gasteiger partial charge on any atom is -0.338 e. The van der Waals surface area contributed by atoms with Gasteiger partial charge in [0, 0.05) is 31.2 Å². The summed E-state index contributed by atoms with van der Waals surface area (Å²) in [7, 11) is 0. The molecule has 26 heavy (non-hydrogen) atoms. The average Bonchev–Trinajstić information content (AvgIpc) is 3.15. The molecule has 7 heteroatoms. The molecule has 0 aliphatic carbocycles. The molecule has 1 atom stereocenters. The molecule has 1 aromatic carbocycles. The summed E-state index contributed by atoms with van der Waals surface area (Å²) in [4.78, 5) is 16.6. The molecular weight excluding hydrogens is 350 g/mol. The van der Waals surface area contributed by atoms with Gasteiger partial charge >= 0.3 is 0 Å². The van der Waals surface area contributed by atoms with Gasteiger partial charge in [0.2, 0.25) is 0 Å². The van der Waals surface area contributed by atoms with Gasteiger partial charge in [-0.25, -0.2) is 4.68 Å². The third-order valence-corrected chi connectivity index (χ3v) is 5.21. The van der Waals surface area contributed by atoms with Crippen LogP contribution in [-0.4, -0.2) is 56.9 Å². The second-order valence-corrected chi connectivity index (χ2v) is 7.16. The quantitative estimate of drug-likeness (QED) is 0.777. The standard InChI is InChI=1S/C19H26ClN5O/c1-3-24(4-2)19(26)18-14-25(22-21-18)17-6-5-11-23(13-17)12-15-7-9-16(20)10-8-15/h7-10,14,17H,3-6,11-13H2,1-2H3/t17-/m1/s1. The van der Waals surface area contributed by atoms with Crippen LogP contribution in [0.25, 0.3) is 0 Å². The molecule has 0 spiro atoms. The molecule has 0 N–H and O–H groups in total. The van der Waals surface area contributed by atoms with E-state index in [1.54, 1.807) is 11.1 Å². The lowest BCUT2D eigenvalue weighted by molar-refractivity contribution is 0.0767. The van der Waals surface area contributed by atoms with Crippen molar-refractivity contribution >= 4 is 17.5 Å². The molecule has 0 unspecified atom stereocenters. The number of hydrogen-bond donors (Lipinski definition) is 0. The third-order valence-electron chi connectivity index (χ3n) is 4.95. The van der Waals surface area contributed by atoms with Crippen LogP contribution in [0.15, 0.2) is 30.5 Å². The Kier molecular flexibility index (Phi) is 6.27. The number of benzene rings is 1. The molecular formula is C19H26ClN5O. The molecule has 0 saturated carbocycles. The zero-order valence-corrected chi connectivity index (χ0v) is 16.2. The van der Waals surface area contributed by atoms with Crippen molar-refractivity contribution in [1.82, 2.24) is 24.8 Å². The van der Waals surface area contributed by atoms with Gasteiger partial charge in [0.25, 0.3) is 5.91 Å².